The number of rotatable bonds is 3. The molecule has 2 nitrogen and oxygen atoms in total. The number of hydrogen-bond acceptors (Lipinski definition) is 3. The van der Waals surface area contributed by atoms with Crippen LogP contribution in [-0.2, 0) is 6.42 Å². The standard InChI is InChI=1S/C17H14ClNOS.BrH/c18-14-7-5-13(6-8-14)16(20)11-21-17-15-4-2-1-3-12(15)9-10-19-17;/h1-8H,9-11H2;1H. The van der Waals surface area contributed by atoms with Crippen molar-refractivity contribution in [2.75, 3.05) is 12.3 Å². The fourth-order valence-corrected chi connectivity index (χ4v) is 3.38. The van der Waals surface area contributed by atoms with Crippen LogP contribution in [0.3, 0.4) is 0 Å². The van der Waals surface area contributed by atoms with Crippen LogP contribution in [0.25, 0.3) is 0 Å². The van der Waals surface area contributed by atoms with Crippen LogP contribution in [0.2, 0.25) is 5.02 Å². The predicted molar refractivity (Wildman–Crippen MR) is 100 cm³/mol. The maximum Gasteiger partial charge on any atom is 0.173 e. The van der Waals surface area contributed by atoms with Crippen molar-refractivity contribution in [2.24, 2.45) is 4.99 Å². The molecule has 1 aliphatic rings. The summed E-state index contributed by atoms with van der Waals surface area (Å²) in [6, 6.07) is 15.3. The number of benzene rings is 2. The van der Waals surface area contributed by atoms with Gasteiger partial charge in [-0.3, -0.25) is 9.79 Å². The van der Waals surface area contributed by atoms with Crippen molar-refractivity contribution in [3.8, 4) is 0 Å². The molecule has 114 valence electrons. The highest BCUT2D eigenvalue weighted by molar-refractivity contribution is 8.93. The minimum Gasteiger partial charge on any atom is -0.293 e. The Bertz CT molecular complexity index is 700. The van der Waals surface area contributed by atoms with E-state index >= 15 is 0 Å². The zero-order valence-electron chi connectivity index (χ0n) is 11.8. The third-order valence-corrected chi connectivity index (χ3v) is 4.67. The molecular weight excluding hydrogens is 382 g/mol. The van der Waals surface area contributed by atoms with Crippen LogP contribution in [0.5, 0.6) is 0 Å². The van der Waals surface area contributed by atoms with E-state index < -0.39 is 0 Å². The first kappa shape index (κ1) is 17.3. The number of halogens is 2. The molecule has 0 radical (unpaired) electrons. The summed E-state index contributed by atoms with van der Waals surface area (Å²) in [7, 11) is 0. The van der Waals surface area contributed by atoms with Gasteiger partial charge in [0.05, 0.1) is 10.8 Å². The number of carbonyl (C=O) groups is 1. The third-order valence-electron chi connectivity index (χ3n) is 3.39. The zero-order valence-corrected chi connectivity index (χ0v) is 15.1. The van der Waals surface area contributed by atoms with Gasteiger partial charge in [0.2, 0.25) is 0 Å². The van der Waals surface area contributed by atoms with Crippen LogP contribution in [-0.4, -0.2) is 23.1 Å². The molecule has 0 unspecified atom stereocenters. The molecular formula is C17H15BrClNOS. The smallest absolute Gasteiger partial charge is 0.173 e. The van der Waals surface area contributed by atoms with Gasteiger partial charge in [0.25, 0.3) is 0 Å². The molecule has 2 aromatic carbocycles. The minimum absolute atomic E-state index is 0. The Morgan fingerprint density at radius 3 is 2.64 bits per heavy atom. The van der Waals surface area contributed by atoms with Crippen molar-refractivity contribution >= 4 is 51.2 Å². The lowest BCUT2D eigenvalue weighted by molar-refractivity contribution is 0.102. The first-order chi connectivity index (χ1) is 10.2. The number of nitrogens with zero attached hydrogens (tertiary/aromatic N) is 1. The number of Topliss-reactive ketones (excluding diaryl/α,β-unsaturated/α-hetero) is 1. The Balaban J connectivity index is 0.00000176. The maximum atomic E-state index is 12.2. The van der Waals surface area contributed by atoms with Gasteiger partial charge >= 0.3 is 0 Å². The molecule has 1 heterocycles. The van der Waals surface area contributed by atoms with Gasteiger partial charge < -0.3 is 0 Å². The summed E-state index contributed by atoms with van der Waals surface area (Å²) in [4.78, 5) is 16.7. The molecule has 0 aromatic heterocycles. The van der Waals surface area contributed by atoms with Gasteiger partial charge in [-0.25, -0.2) is 0 Å². The van der Waals surface area contributed by atoms with Crippen molar-refractivity contribution in [1.29, 1.82) is 0 Å². The first-order valence-electron chi connectivity index (χ1n) is 6.78. The van der Waals surface area contributed by atoms with Crippen molar-refractivity contribution in [3.05, 3.63) is 70.2 Å². The van der Waals surface area contributed by atoms with E-state index in [0.717, 1.165) is 23.6 Å². The molecule has 0 spiro atoms. The molecule has 22 heavy (non-hydrogen) atoms. The van der Waals surface area contributed by atoms with Gasteiger partial charge in [-0.05, 0) is 36.2 Å². The quantitative estimate of drug-likeness (QED) is 0.695. The maximum absolute atomic E-state index is 12.2. The monoisotopic (exact) mass is 395 g/mol. The Morgan fingerprint density at radius 2 is 1.86 bits per heavy atom. The van der Waals surface area contributed by atoms with Crippen LogP contribution in [0, 0.1) is 0 Å². The highest BCUT2D eigenvalue weighted by Crippen LogP contribution is 2.23. The van der Waals surface area contributed by atoms with E-state index in [1.165, 1.54) is 17.3 Å². The van der Waals surface area contributed by atoms with Crippen LogP contribution in [0.1, 0.15) is 21.5 Å². The number of fused-ring (bicyclic) bond motifs is 1. The molecule has 0 atom stereocenters. The lowest BCUT2D eigenvalue weighted by Gasteiger charge is -2.15. The summed E-state index contributed by atoms with van der Waals surface area (Å²) in [6.07, 6.45) is 0.978. The minimum atomic E-state index is 0. The lowest BCUT2D eigenvalue weighted by atomic mass is 10.0. The average molecular weight is 397 g/mol. The molecule has 3 rings (SSSR count). The molecule has 1 aliphatic heterocycles. The highest BCUT2D eigenvalue weighted by atomic mass is 79.9. The second kappa shape index (κ2) is 7.95. The predicted octanol–water partition coefficient (Wildman–Crippen LogP) is 4.84. The Kier molecular flexibility index (Phi) is 6.24. The molecule has 0 fully saturated rings. The van der Waals surface area contributed by atoms with Crippen molar-refractivity contribution in [1.82, 2.24) is 0 Å². The lowest BCUT2D eigenvalue weighted by Crippen LogP contribution is -2.12. The number of aliphatic imine (C=N–C) groups is 1. The summed E-state index contributed by atoms with van der Waals surface area (Å²) in [5.74, 6) is 0.497. The van der Waals surface area contributed by atoms with E-state index in [1.54, 1.807) is 24.3 Å². The van der Waals surface area contributed by atoms with Crippen molar-refractivity contribution < 1.29 is 4.79 Å². The molecule has 0 saturated carbocycles. The highest BCUT2D eigenvalue weighted by Gasteiger charge is 2.15. The molecule has 5 heteroatoms. The summed E-state index contributed by atoms with van der Waals surface area (Å²) in [6.45, 7) is 0.800. The third kappa shape index (κ3) is 4.00. The van der Waals surface area contributed by atoms with Gasteiger partial charge in [0.15, 0.2) is 5.78 Å². The van der Waals surface area contributed by atoms with Gasteiger partial charge in [-0.2, -0.15) is 0 Å². The topological polar surface area (TPSA) is 29.4 Å². The number of carbonyl (C=O) groups excluding carboxylic acids is 1. The van der Waals surface area contributed by atoms with Crippen molar-refractivity contribution in [3.63, 3.8) is 0 Å². The number of ketones is 1. The fourth-order valence-electron chi connectivity index (χ4n) is 2.29. The first-order valence-corrected chi connectivity index (χ1v) is 8.15. The summed E-state index contributed by atoms with van der Waals surface area (Å²) < 4.78 is 0. The summed E-state index contributed by atoms with van der Waals surface area (Å²) in [5.41, 5.74) is 3.17. The van der Waals surface area contributed by atoms with Crippen LogP contribution < -0.4 is 0 Å². The van der Waals surface area contributed by atoms with Gasteiger partial charge in [-0.1, -0.05) is 47.6 Å². The van der Waals surface area contributed by atoms with Gasteiger partial charge in [0.1, 0.15) is 0 Å². The van der Waals surface area contributed by atoms with E-state index in [2.05, 4.69) is 17.1 Å². The van der Waals surface area contributed by atoms with E-state index in [1.807, 2.05) is 12.1 Å². The zero-order chi connectivity index (χ0) is 14.7. The molecule has 0 aliphatic carbocycles. The number of thioether (sulfide) groups is 1. The van der Waals surface area contributed by atoms with Crippen LogP contribution in [0.4, 0.5) is 0 Å². The SMILES string of the molecule is Br.O=C(CSC1=NCCc2ccccc21)c1ccc(Cl)cc1. The van der Waals surface area contributed by atoms with Gasteiger partial charge in [0, 0.05) is 22.7 Å². The largest absolute Gasteiger partial charge is 0.293 e. The van der Waals surface area contributed by atoms with Crippen LogP contribution in [0.15, 0.2) is 53.5 Å². The molecule has 0 amide bonds. The Labute approximate surface area is 149 Å². The molecule has 2 aromatic rings. The fraction of sp³-hybridized carbons (Fsp3) is 0.176. The molecule has 0 saturated heterocycles. The second-order valence-corrected chi connectivity index (χ2v) is 6.21. The molecule has 0 N–H and O–H groups in total. The Morgan fingerprint density at radius 1 is 1.14 bits per heavy atom. The van der Waals surface area contributed by atoms with E-state index in [0.29, 0.717) is 16.3 Å². The normalized spacial score (nSPS) is 12.9. The molecule has 0 bridgehead atoms. The summed E-state index contributed by atoms with van der Waals surface area (Å²) in [5, 5.41) is 1.61. The summed E-state index contributed by atoms with van der Waals surface area (Å²) >= 11 is 7.35. The number of hydrogen-bond donors (Lipinski definition) is 0. The van der Waals surface area contributed by atoms with E-state index in [-0.39, 0.29) is 22.8 Å². The Hall–Kier alpha value is -1.10. The van der Waals surface area contributed by atoms with Gasteiger partial charge in [-0.15, -0.1) is 17.0 Å². The van der Waals surface area contributed by atoms with E-state index in [4.69, 9.17) is 11.6 Å². The second-order valence-electron chi connectivity index (χ2n) is 4.81. The average Bonchev–Trinajstić information content (AvgIpc) is 2.53. The van der Waals surface area contributed by atoms with E-state index in [9.17, 15) is 4.79 Å². The van der Waals surface area contributed by atoms with Crippen LogP contribution >= 0.6 is 40.3 Å². The van der Waals surface area contributed by atoms with Crippen molar-refractivity contribution in [2.45, 2.75) is 6.42 Å².